The maximum atomic E-state index is 5.82. The number of para-hydroxylation sites is 1. The molecule has 1 radical (unpaired) electrons. The van der Waals surface area contributed by atoms with Crippen molar-refractivity contribution in [2.75, 3.05) is 18.1 Å². The third-order valence-electron chi connectivity index (χ3n) is 3.43. The molecule has 1 fully saturated rings. The molecule has 1 atom stereocenters. The van der Waals surface area contributed by atoms with E-state index in [1.807, 2.05) is 42.6 Å². The van der Waals surface area contributed by atoms with Crippen molar-refractivity contribution in [1.82, 2.24) is 4.98 Å². The fourth-order valence-corrected chi connectivity index (χ4v) is 2.49. The second-order valence-electron chi connectivity index (χ2n) is 4.72. The fraction of sp³-hybridized carbons (Fsp3) is 0.312. The Bertz CT molecular complexity index is 501. The van der Waals surface area contributed by atoms with Crippen molar-refractivity contribution in [2.24, 2.45) is 0 Å². The van der Waals surface area contributed by atoms with E-state index in [2.05, 4.69) is 22.0 Å². The molecule has 1 aliphatic rings. The van der Waals surface area contributed by atoms with Gasteiger partial charge in [-0.25, -0.2) is 4.98 Å². The van der Waals surface area contributed by atoms with Gasteiger partial charge in [-0.15, -0.1) is 0 Å². The monoisotopic (exact) mass is 253 g/mol. The molecule has 97 valence electrons. The summed E-state index contributed by atoms with van der Waals surface area (Å²) in [7, 11) is 0. The molecule has 0 N–H and O–H groups in total. The molecule has 1 aliphatic heterocycles. The molecule has 1 saturated heterocycles. The molecule has 0 spiro atoms. The van der Waals surface area contributed by atoms with E-state index in [9.17, 15) is 0 Å². The van der Waals surface area contributed by atoms with Gasteiger partial charge in [0.25, 0.3) is 0 Å². The van der Waals surface area contributed by atoms with Gasteiger partial charge in [-0.2, -0.15) is 0 Å². The van der Waals surface area contributed by atoms with Gasteiger partial charge >= 0.3 is 0 Å². The van der Waals surface area contributed by atoms with Gasteiger partial charge in [0.1, 0.15) is 18.2 Å². The smallest absolute Gasteiger partial charge is 0.128 e. The zero-order valence-electron chi connectivity index (χ0n) is 10.8. The molecule has 1 aromatic heterocycles. The van der Waals surface area contributed by atoms with Crippen LogP contribution >= 0.6 is 0 Å². The van der Waals surface area contributed by atoms with E-state index in [-0.39, 0.29) is 0 Å². The summed E-state index contributed by atoms with van der Waals surface area (Å²) in [6, 6.07) is 17.3. The zero-order valence-corrected chi connectivity index (χ0v) is 10.8. The molecule has 0 unspecified atom stereocenters. The van der Waals surface area contributed by atoms with Crippen LogP contribution in [-0.4, -0.2) is 24.2 Å². The number of benzene rings is 1. The lowest BCUT2D eigenvalue weighted by Crippen LogP contribution is -2.34. The minimum Gasteiger partial charge on any atom is -0.491 e. The minimum absolute atomic E-state index is 0.406. The first-order valence-electron chi connectivity index (χ1n) is 6.71. The van der Waals surface area contributed by atoms with Gasteiger partial charge in [0.15, 0.2) is 0 Å². The molecule has 2 aromatic rings. The molecule has 0 bridgehead atoms. The van der Waals surface area contributed by atoms with E-state index in [0.717, 1.165) is 24.5 Å². The second kappa shape index (κ2) is 5.74. The van der Waals surface area contributed by atoms with Crippen molar-refractivity contribution in [3.05, 3.63) is 54.7 Å². The summed E-state index contributed by atoms with van der Waals surface area (Å²) in [5, 5.41) is 0. The van der Waals surface area contributed by atoms with Gasteiger partial charge in [-0.1, -0.05) is 24.3 Å². The lowest BCUT2D eigenvalue weighted by molar-refractivity contribution is 0.287. The van der Waals surface area contributed by atoms with Crippen LogP contribution in [0.15, 0.2) is 48.7 Å². The third kappa shape index (κ3) is 2.87. The highest BCUT2D eigenvalue weighted by atomic mass is 16.5. The number of hydrogen-bond donors (Lipinski definition) is 0. The zero-order chi connectivity index (χ0) is 12.9. The predicted molar refractivity (Wildman–Crippen MR) is 75.4 cm³/mol. The van der Waals surface area contributed by atoms with Crippen LogP contribution in [0.1, 0.15) is 12.8 Å². The molecule has 2 heterocycles. The topological polar surface area (TPSA) is 25.4 Å². The summed E-state index contributed by atoms with van der Waals surface area (Å²) in [6.45, 7) is 1.75. The molecule has 3 rings (SSSR count). The van der Waals surface area contributed by atoms with E-state index < -0.39 is 0 Å². The number of hydrogen-bond acceptors (Lipinski definition) is 3. The summed E-state index contributed by atoms with van der Waals surface area (Å²) in [5.41, 5.74) is 0. The van der Waals surface area contributed by atoms with Gasteiger partial charge in [-0.3, -0.25) is 0 Å². The van der Waals surface area contributed by atoms with Gasteiger partial charge in [0.05, 0.1) is 6.04 Å². The van der Waals surface area contributed by atoms with E-state index >= 15 is 0 Å². The summed E-state index contributed by atoms with van der Waals surface area (Å²) in [6.07, 6.45) is 4.20. The van der Waals surface area contributed by atoms with Crippen molar-refractivity contribution in [1.29, 1.82) is 0 Å². The van der Waals surface area contributed by atoms with Crippen LogP contribution in [0.4, 0.5) is 5.82 Å². The summed E-state index contributed by atoms with van der Waals surface area (Å²) in [5.74, 6) is 1.86. The Balaban J connectivity index is 1.64. The molecular weight excluding hydrogens is 236 g/mol. The Kier molecular flexibility index (Phi) is 3.63. The maximum absolute atomic E-state index is 5.82. The Morgan fingerprint density at radius 3 is 3.00 bits per heavy atom. The normalized spacial score (nSPS) is 18.5. The lowest BCUT2D eigenvalue weighted by atomic mass is 10.2. The summed E-state index contributed by atoms with van der Waals surface area (Å²) >= 11 is 0. The van der Waals surface area contributed by atoms with Crippen LogP contribution in [0, 0.1) is 6.07 Å². The number of nitrogens with zero attached hydrogens (tertiary/aromatic N) is 2. The van der Waals surface area contributed by atoms with Crippen molar-refractivity contribution in [3.63, 3.8) is 0 Å². The van der Waals surface area contributed by atoms with Gasteiger partial charge in [0.2, 0.25) is 0 Å². The predicted octanol–water partition coefficient (Wildman–Crippen LogP) is 2.93. The van der Waals surface area contributed by atoms with Crippen LogP contribution in [-0.2, 0) is 0 Å². The maximum Gasteiger partial charge on any atom is 0.128 e. The van der Waals surface area contributed by atoms with Crippen molar-refractivity contribution in [3.8, 4) is 5.75 Å². The Morgan fingerprint density at radius 1 is 1.26 bits per heavy atom. The average molecular weight is 253 g/mol. The van der Waals surface area contributed by atoms with Gasteiger partial charge < -0.3 is 9.64 Å². The summed E-state index contributed by atoms with van der Waals surface area (Å²) < 4.78 is 5.82. The van der Waals surface area contributed by atoms with Crippen molar-refractivity contribution < 1.29 is 4.74 Å². The summed E-state index contributed by atoms with van der Waals surface area (Å²) in [4.78, 5) is 6.76. The Hall–Kier alpha value is -2.03. The lowest BCUT2D eigenvalue weighted by Gasteiger charge is -2.25. The Morgan fingerprint density at radius 2 is 2.21 bits per heavy atom. The van der Waals surface area contributed by atoms with Crippen LogP contribution in [0.25, 0.3) is 0 Å². The SMILES string of the molecule is [c]1ccccc1OC[C@H]1CCCN1c1ccccn1. The van der Waals surface area contributed by atoms with Crippen LogP contribution in [0.5, 0.6) is 5.75 Å². The van der Waals surface area contributed by atoms with Gasteiger partial charge in [-0.05, 0) is 31.0 Å². The van der Waals surface area contributed by atoms with E-state index in [0.29, 0.717) is 12.6 Å². The minimum atomic E-state index is 0.406. The average Bonchev–Trinajstić information content (AvgIpc) is 2.95. The first kappa shape index (κ1) is 12.0. The van der Waals surface area contributed by atoms with Crippen molar-refractivity contribution >= 4 is 5.82 Å². The first-order valence-corrected chi connectivity index (χ1v) is 6.71. The van der Waals surface area contributed by atoms with E-state index in [4.69, 9.17) is 4.74 Å². The first-order chi connectivity index (χ1) is 9.43. The standard InChI is InChI=1S/C16H17N2O/c1-2-8-15(9-3-1)19-13-14-7-6-12-18(14)16-10-4-5-11-17-16/h1-5,8,10-11,14H,6-7,12-13H2/t14-/m1/s1. The molecule has 3 nitrogen and oxygen atoms in total. The second-order valence-corrected chi connectivity index (χ2v) is 4.72. The molecule has 19 heavy (non-hydrogen) atoms. The highest BCUT2D eigenvalue weighted by Gasteiger charge is 2.25. The highest BCUT2D eigenvalue weighted by Crippen LogP contribution is 2.24. The quantitative estimate of drug-likeness (QED) is 0.837. The van der Waals surface area contributed by atoms with Crippen LogP contribution in [0.2, 0.25) is 0 Å². The molecular formula is C16H17N2O. The van der Waals surface area contributed by atoms with E-state index in [1.165, 1.54) is 6.42 Å². The number of rotatable bonds is 4. The van der Waals surface area contributed by atoms with Crippen LogP contribution in [0.3, 0.4) is 0 Å². The molecule has 0 saturated carbocycles. The third-order valence-corrected chi connectivity index (χ3v) is 3.43. The number of anilines is 1. The molecule has 0 aliphatic carbocycles. The van der Waals surface area contributed by atoms with Crippen molar-refractivity contribution in [2.45, 2.75) is 18.9 Å². The fourth-order valence-electron chi connectivity index (χ4n) is 2.49. The largest absolute Gasteiger partial charge is 0.491 e. The molecule has 1 aromatic carbocycles. The highest BCUT2D eigenvalue weighted by molar-refractivity contribution is 5.40. The Labute approximate surface area is 113 Å². The van der Waals surface area contributed by atoms with Gasteiger partial charge in [0, 0.05) is 18.8 Å². The number of aromatic nitrogens is 1. The van der Waals surface area contributed by atoms with E-state index in [1.54, 1.807) is 0 Å². The molecule has 0 amide bonds. The number of ether oxygens (including phenoxy) is 1. The number of pyridine rings is 1. The van der Waals surface area contributed by atoms with Crippen LogP contribution < -0.4 is 9.64 Å². The molecule has 3 heteroatoms.